The SMILES string of the molecule is Cc1cc(=O)[nH]c2ccc(NCC(O)CO)cc12. The second-order valence-corrected chi connectivity index (χ2v) is 4.29. The minimum absolute atomic E-state index is 0.114. The fourth-order valence-electron chi connectivity index (χ4n) is 1.83. The van der Waals surface area contributed by atoms with Gasteiger partial charge in [-0.25, -0.2) is 0 Å². The van der Waals surface area contributed by atoms with E-state index in [9.17, 15) is 9.90 Å². The van der Waals surface area contributed by atoms with Crippen LogP contribution < -0.4 is 10.9 Å². The van der Waals surface area contributed by atoms with E-state index >= 15 is 0 Å². The van der Waals surface area contributed by atoms with Crippen LogP contribution in [0.15, 0.2) is 29.1 Å². The quantitative estimate of drug-likeness (QED) is 0.638. The summed E-state index contributed by atoms with van der Waals surface area (Å²) in [5, 5.41) is 22.0. The molecule has 0 saturated carbocycles. The molecule has 5 nitrogen and oxygen atoms in total. The predicted molar refractivity (Wildman–Crippen MR) is 70.9 cm³/mol. The van der Waals surface area contributed by atoms with Crippen LogP contribution in [0.5, 0.6) is 0 Å². The Bertz CT molecular complexity index is 607. The lowest BCUT2D eigenvalue weighted by Crippen LogP contribution is -2.22. The first-order valence-corrected chi connectivity index (χ1v) is 5.76. The second kappa shape index (κ2) is 5.20. The lowest BCUT2D eigenvalue weighted by Gasteiger charge is -2.11. The first kappa shape index (κ1) is 12.6. The first-order valence-electron chi connectivity index (χ1n) is 5.76. The summed E-state index contributed by atoms with van der Waals surface area (Å²) in [5.41, 5.74) is 2.41. The Morgan fingerprint density at radius 2 is 2.17 bits per heavy atom. The van der Waals surface area contributed by atoms with Crippen LogP contribution in [-0.2, 0) is 0 Å². The predicted octanol–water partition coefficient (Wildman–Crippen LogP) is 0.602. The number of rotatable bonds is 4. The van der Waals surface area contributed by atoms with Crippen molar-refractivity contribution in [1.82, 2.24) is 4.98 Å². The molecule has 0 amide bonds. The topological polar surface area (TPSA) is 85.4 Å². The van der Waals surface area contributed by atoms with E-state index in [0.29, 0.717) is 0 Å². The molecule has 0 aliphatic rings. The highest BCUT2D eigenvalue weighted by Gasteiger charge is 2.04. The summed E-state index contributed by atoms with van der Waals surface area (Å²) in [5.74, 6) is 0. The van der Waals surface area contributed by atoms with Gasteiger partial charge in [0.15, 0.2) is 0 Å². The van der Waals surface area contributed by atoms with E-state index in [0.717, 1.165) is 22.2 Å². The zero-order chi connectivity index (χ0) is 13.1. The maximum Gasteiger partial charge on any atom is 0.248 e. The minimum atomic E-state index is -0.780. The molecule has 0 bridgehead atoms. The number of nitrogens with one attached hydrogen (secondary N) is 2. The molecule has 1 heterocycles. The number of anilines is 1. The molecule has 18 heavy (non-hydrogen) atoms. The summed E-state index contributed by atoms with van der Waals surface area (Å²) >= 11 is 0. The maximum absolute atomic E-state index is 11.3. The number of aryl methyl sites for hydroxylation is 1. The molecule has 0 fully saturated rings. The third-order valence-corrected chi connectivity index (χ3v) is 2.80. The summed E-state index contributed by atoms with van der Waals surface area (Å²) in [7, 11) is 0. The second-order valence-electron chi connectivity index (χ2n) is 4.29. The van der Waals surface area contributed by atoms with E-state index in [1.54, 1.807) is 6.07 Å². The van der Waals surface area contributed by atoms with Crippen molar-refractivity contribution >= 4 is 16.6 Å². The van der Waals surface area contributed by atoms with Crippen molar-refractivity contribution < 1.29 is 10.2 Å². The fraction of sp³-hybridized carbons (Fsp3) is 0.308. The average molecular weight is 248 g/mol. The molecule has 2 aromatic rings. The highest BCUT2D eigenvalue weighted by molar-refractivity contribution is 5.85. The molecule has 5 heteroatoms. The van der Waals surface area contributed by atoms with Gasteiger partial charge in [0.1, 0.15) is 0 Å². The summed E-state index contributed by atoms with van der Waals surface area (Å²) in [4.78, 5) is 14.1. The number of aliphatic hydroxyl groups excluding tert-OH is 2. The summed E-state index contributed by atoms with van der Waals surface area (Å²) in [6, 6.07) is 7.10. The number of hydrogen-bond acceptors (Lipinski definition) is 4. The average Bonchev–Trinajstić information content (AvgIpc) is 2.36. The third-order valence-electron chi connectivity index (χ3n) is 2.80. The zero-order valence-electron chi connectivity index (χ0n) is 10.1. The van der Waals surface area contributed by atoms with Crippen LogP contribution in [0.3, 0.4) is 0 Å². The van der Waals surface area contributed by atoms with Crippen LogP contribution in [0.25, 0.3) is 10.9 Å². The van der Waals surface area contributed by atoms with Crippen LogP contribution in [0, 0.1) is 6.92 Å². The van der Waals surface area contributed by atoms with Gasteiger partial charge >= 0.3 is 0 Å². The molecule has 96 valence electrons. The highest BCUT2D eigenvalue weighted by Crippen LogP contribution is 2.19. The van der Waals surface area contributed by atoms with Crippen LogP contribution in [0.2, 0.25) is 0 Å². The monoisotopic (exact) mass is 248 g/mol. The van der Waals surface area contributed by atoms with Gasteiger partial charge in [0, 0.05) is 29.2 Å². The smallest absolute Gasteiger partial charge is 0.248 e. The number of H-pyrrole nitrogens is 1. The van der Waals surface area contributed by atoms with Gasteiger partial charge in [-0.15, -0.1) is 0 Å². The molecule has 0 spiro atoms. The van der Waals surface area contributed by atoms with Gasteiger partial charge in [-0.3, -0.25) is 4.79 Å². The number of pyridine rings is 1. The number of hydrogen-bond donors (Lipinski definition) is 4. The van der Waals surface area contributed by atoms with Gasteiger partial charge in [-0.1, -0.05) is 0 Å². The Kier molecular flexibility index (Phi) is 3.64. The molecule has 1 aromatic carbocycles. The van der Waals surface area contributed by atoms with Gasteiger partial charge in [-0.05, 0) is 30.7 Å². The molecule has 0 saturated heterocycles. The lowest BCUT2D eigenvalue weighted by molar-refractivity contribution is 0.105. The Hall–Kier alpha value is -1.85. The van der Waals surface area contributed by atoms with E-state index in [2.05, 4.69) is 10.3 Å². The first-order chi connectivity index (χ1) is 8.60. The van der Waals surface area contributed by atoms with Gasteiger partial charge in [-0.2, -0.15) is 0 Å². The number of aliphatic hydroxyl groups is 2. The molecule has 1 unspecified atom stereocenters. The van der Waals surface area contributed by atoms with Crippen LogP contribution in [0.4, 0.5) is 5.69 Å². The molecule has 2 rings (SSSR count). The van der Waals surface area contributed by atoms with E-state index < -0.39 is 6.10 Å². The highest BCUT2D eigenvalue weighted by atomic mass is 16.3. The fourth-order valence-corrected chi connectivity index (χ4v) is 1.83. The molecule has 1 atom stereocenters. The molecule has 0 aliphatic heterocycles. The maximum atomic E-state index is 11.3. The Balaban J connectivity index is 2.30. The van der Waals surface area contributed by atoms with Crippen molar-refractivity contribution in [3.8, 4) is 0 Å². The number of fused-ring (bicyclic) bond motifs is 1. The van der Waals surface area contributed by atoms with Crippen molar-refractivity contribution in [2.45, 2.75) is 13.0 Å². The Morgan fingerprint density at radius 3 is 2.89 bits per heavy atom. The summed E-state index contributed by atoms with van der Waals surface area (Å²) in [6.07, 6.45) is -0.780. The molecule has 0 aliphatic carbocycles. The van der Waals surface area contributed by atoms with Gasteiger partial charge in [0.25, 0.3) is 0 Å². The summed E-state index contributed by atoms with van der Waals surface area (Å²) < 4.78 is 0. The molecule has 0 radical (unpaired) electrons. The van der Waals surface area contributed by atoms with Gasteiger partial charge in [0.2, 0.25) is 5.56 Å². The van der Waals surface area contributed by atoms with Crippen LogP contribution in [-0.4, -0.2) is 34.5 Å². The number of aromatic amines is 1. The zero-order valence-corrected chi connectivity index (χ0v) is 10.1. The largest absolute Gasteiger partial charge is 0.394 e. The van der Waals surface area contributed by atoms with E-state index in [4.69, 9.17) is 5.11 Å². The van der Waals surface area contributed by atoms with Crippen molar-refractivity contribution in [3.63, 3.8) is 0 Å². The van der Waals surface area contributed by atoms with Crippen LogP contribution >= 0.6 is 0 Å². The number of benzene rings is 1. The molecular formula is C13H16N2O3. The van der Waals surface area contributed by atoms with E-state index in [1.165, 1.54) is 0 Å². The molecule has 1 aromatic heterocycles. The Morgan fingerprint density at radius 1 is 1.39 bits per heavy atom. The van der Waals surface area contributed by atoms with Crippen molar-refractivity contribution in [2.75, 3.05) is 18.5 Å². The van der Waals surface area contributed by atoms with Crippen molar-refractivity contribution in [1.29, 1.82) is 0 Å². The van der Waals surface area contributed by atoms with E-state index in [1.807, 2.05) is 25.1 Å². The number of aromatic nitrogens is 1. The third kappa shape index (κ3) is 2.69. The summed E-state index contributed by atoms with van der Waals surface area (Å²) in [6.45, 7) is 1.89. The van der Waals surface area contributed by atoms with Crippen molar-refractivity contribution in [3.05, 3.63) is 40.2 Å². The van der Waals surface area contributed by atoms with Crippen LogP contribution in [0.1, 0.15) is 5.56 Å². The van der Waals surface area contributed by atoms with Gasteiger partial charge in [0.05, 0.1) is 12.7 Å². The molecular weight excluding hydrogens is 232 g/mol. The normalized spacial score (nSPS) is 12.6. The van der Waals surface area contributed by atoms with Gasteiger partial charge < -0.3 is 20.5 Å². The minimum Gasteiger partial charge on any atom is -0.394 e. The standard InChI is InChI=1S/C13H16N2O3/c1-8-4-13(18)15-12-3-2-9(5-11(8)12)14-6-10(17)7-16/h2-5,10,14,16-17H,6-7H2,1H3,(H,15,18). The lowest BCUT2D eigenvalue weighted by atomic mass is 10.1. The van der Waals surface area contributed by atoms with Crippen molar-refractivity contribution in [2.24, 2.45) is 0 Å². The Labute approximate surface area is 104 Å². The van der Waals surface area contributed by atoms with E-state index in [-0.39, 0.29) is 18.7 Å². The molecule has 4 N–H and O–H groups in total.